The minimum atomic E-state index is -4.57. The molecule has 8 bridgehead atoms. The van der Waals surface area contributed by atoms with Crippen molar-refractivity contribution < 1.29 is 26.3 Å². The van der Waals surface area contributed by atoms with Crippen molar-refractivity contribution in [3.05, 3.63) is 66.7 Å². The number of aromatic nitrogens is 3. The maximum Gasteiger partial charge on any atom is 0.446 e. The lowest BCUT2D eigenvalue weighted by molar-refractivity contribution is -0.0337. The molecule has 1 aromatic carbocycles. The molecule has 0 saturated carbocycles. The summed E-state index contributed by atoms with van der Waals surface area (Å²) in [7, 11) is 6.53. The molecule has 3 aromatic heterocycles. The van der Waals surface area contributed by atoms with Gasteiger partial charge in [-0.25, -0.2) is 15.0 Å². The predicted molar refractivity (Wildman–Crippen MR) is 155 cm³/mol. The summed E-state index contributed by atoms with van der Waals surface area (Å²) in [5, 5.41) is 0. The van der Waals surface area contributed by atoms with Gasteiger partial charge >= 0.3 is 11.0 Å². The molecule has 0 amide bonds. The molecule has 0 saturated heterocycles. The Hall–Kier alpha value is -3.85. The van der Waals surface area contributed by atoms with E-state index < -0.39 is 11.0 Å². The number of hydrogen-bond acceptors (Lipinski definition) is 9. The van der Waals surface area contributed by atoms with Crippen molar-refractivity contribution in [2.24, 2.45) is 0 Å². The lowest BCUT2D eigenvalue weighted by Gasteiger charge is -2.28. The van der Waals surface area contributed by atoms with E-state index in [2.05, 4.69) is 15.0 Å². The Kier molecular flexibility index (Phi) is 7.83. The first-order valence-corrected chi connectivity index (χ1v) is 13.9. The standard InChI is InChI=1S/C27H23F6N7S2/c1-37-16-7-5-8-17(15-16)38(2)23-14-12-19(42-27(31,32)33)25(36-23)40(4)21-10-6-9-20(34-21)39(3)24-18(41-26(28,29)30)11-13-22(37)35-24/h5-15H,1-4H3. The number of nitrogens with zero attached hydrogens (tertiary/aromatic N) is 7. The third-order valence-electron chi connectivity index (χ3n) is 6.43. The van der Waals surface area contributed by atoms with Crippen LogP contribution in [0, 0.1) is 0 Å². The van der Waals surface area contributed by atoms with Gasteiger partial charge in [0.1, 0.15) is 34.9 Å². The lowest BCUT2D eigenvalue weighted by atomic mass is 10.2. The molecule has 1 aliphatic heterocycles. The smallest absolute Gasteiger partial charge is 0.329 e. The Morgan fingerprint density at radius 2 is 0.881 bits per heavy atom. The third-order valence-corrected chi connectivity index (χ3v) is 7.97. The van der Waals surface area contributed by atoms with Crippen molar-refractivity contribution in [2.45, 2.75) is 20.8 Å². The van der Waals surface area contributed by atoms with Crippen molar-refractivity contribution in [3.63, 3.8) is 0 Å². The van der Waals surface area contributed by atoms with Gasteiger partial charge in [-0.05, 0) is 78.1 Å². The van der Waals surface area contributed by atoms with E-state index in [0.717, 1.165) is 0 Å². The zero-order valence-corrected chi connectivity index (χ0v) is 24.2. The van der Waals surface area contributed by atoms with Gasteiger partial charge in [0.2, 0.25) is 0 Å². The molecule has 0 fully saturated rings. The molecule has 0 radical (unpaired) electrons. The summed E-state index contributed by atoms with van der Waals surface area (Å²) in [6.45, 7) is 0. The van der Waals surface area contributed by atoms with Gasteiger partial charge in [0, 0.05) is 39.6 Å². The van der Waals surface area contributed by atoms with E-state index in [0.29, 0.717) is 23.0 Å². The number of alkyl halides is 6. The number of pyridine rings is 3. The fraction of sp³-hybridized carbons (Fsp3) is 0.222. The fourth-order valence-electron chi connectivity index (χ4n) is 4.29. The highest BCUT2D eigenvalue weighted by Crippen LogP contribution is 2.45. The van der Waals surface area contributed by atoms with E-state index in [1.807, 2.05) is 18.2 Å². The summed E-state index contributed by atoms with van der Waals surface area (Å²) in [4.78, 5) is 19.7. The highest BCUT2D eigenvalue weighted by atomic mass is 32.2. The minimum Gasteiger partial charge on any atom is -0.329 e. The summed E-state index contributed by atoms with van der Waals surface area (Å²) in [6.07, 6.45) is 0. The minimum absolute atomic E-state index is 0.00258. The molecule has 0 spiro atoms. The van der Waals surface area contributed by atoms with E-state index in [-0.39, 0.29) is 56.6 Å². The Morgan fingerprint density at radius 1 is 0.500 bits per heavy atom. The van der Waals surface area contributed by atoms with Crippen molar-refractivity contribution in [1.82, 2.24) is 15.0 Å². The van der Waals surface area contributed by atoms with Crippen LogP contribution in [-0.2, 0) is 0 Å². The first-order chi connectivity index (χ1) is 19.7. The van der Waals surface area contributed by atoms with Gasteiger partial charge in [-0.1, -0.05) is 12.1 Å². The van der Waals surface area contributed by atoms with E-state index in [9.17, 15) is 26.3 Å². The molecule has 0 aliphatic carbocycles. The highest BCUT2D eigenvalue weighted by Gasteiger charge is 2.33. The Labute approximate surface area is 246 Å². The molecule has 220 valence electrons. The molecular weight excluding hydrogens is 600 g/mol. The number of halogens is 6. The Bertz CT molecular complexity index is 1500. The van der Waals surface area contributed by atoms with E-state index in [4.69, 9.17) is 0 Å². The maximum atomic E-state index is 13.5. The monoisotopic (exact) mass is 623 g/mol. The van der Waals surface area contributed by atoms with Crippen molar-refractivity contribution in [2.75, 3.05) is 47.8 Å². The second-order valence-electron chi connectivity index (χ2n) is 9.19. The summed E-state index contributed by atoms with van der Waals surface area (Å²) in [6, 6.07) is 17.7. The van der Waals surface area contributed by atoms with Crippen LogP contribution in [0.5, 0.6) is 0 Å². The van der Waals surface area contributed by atoms with Crippen molar-refractivity contribution in [3.8, 4) is 0 Å². The van der Waals surface area contributed by atoms with Gasteiger partial charge in [0.25, 0.3) is 0 Å². The summed E-state index contributed by atoms with van der Waals surface area (Å²) < 4.78 is 81.0. The van der Waals surface area contributed by atoms with Gasteiger partial charge in [-0.2, -0.15) is 26.3 Å². The number of anilines is 8. The molecule has 15 heteroatoms. The van der Waals surface area contributed by atoms with Crippen LogP contribution in [0.3, 0.4) is 0 Å². The van der Waals surface area contributed by atoms with Crippen LogP contribution in [0.15, 0.2) is 76.5 Å². The third kappa shape index (κ3) is 6.31. The lowest BCUT2D eigenvalue weighted by Crippen LogP contribution is -2.21. The van der Waals surface area contributed by atoms with E-state index >= 15 is 0 Å². The quantitative estimate of drug-likeness (QED) is 0.162. The van der Waals surface area contributed by atoms with Gasteiger partial charge in [-0.15, -0.1) is 0 Å². The number of fused-ring (bicyclic) bond motifs is 8. The van der Waals surface area contributed by atoms with Crippen LogP contribution in [0.25, 0.3) is 0 Å². The molecule has 4 aromatic rings. The van der Waals surface area contributed by atoms with Gasteiger partial charge in [-0.3, -0.25) is 0 Å². The number of hydrogen-bond donors (Lipinski definition) is 0. The molecule has 5 rings (SSSR count). The van der Waals surface area contributed by atoms with Crippen molar-refractivity contribution >= 4 is 69.8 Å². The zero-order valence-electron chi connectivity index (χ0n) is 22.6. The molecular formula is C27H23F6N7S2. The van der Waals surface area contributed by atoms with Crippen LogP contribution in [0.4, 0.5) is 72.6 Å². The molecule has 0 atom stereocenters. The topological polar surface area (TPSA) is 51.6 Å². The largest absolute Gasteiger partial charge is 0.446 e. The van der Waals surface area contributed by atoms with Gasteiger partial charge in [0.15, 0.2) is 0 Å². The van der Waals surface area contributed by atoms with Crippen LogP contribution >= 0.6 is 23.5 Å². The van der Waals surface area contributed by atoms with Crippen LogP contribution in [0.1, 0.15) is 0 Å². The van der Waals surface area contributed by atoms with E-state index in [1.165, 1.54) is 48.2 Å². The summed E-state index contributed by atoms with van der Waals surface area (Å²) in [5.74, 6) is 1.23. The number of thioether (sulfide) groups is 2. The maximum absolute atomic E-state index is 13.5. The van der Waals surface area contributed by atoms with Gasteiger partial charge < -0.3 is 19.6 Å². The summed E-state index contributed by atoms with van der Waals surface area (Å²) >= 11 is -0.590. The first-order valence-electron chi connectivity index (χ1n) is 12.3. The van der Waals surface area contributed by atoms with E-state index in [1.54, 1.807) is 48.2 Å². The molecule has 4 heterocycles. The number of benzene rings is 1. The van der Waals surface area contributed by atoms with Crippen LogP contribution < -0.4 is 19.6 Å². The number of rotatable bonds is 2. The van der Waals surface area contributed by atoms with Crippen LogP contribution in [0.2, 0.25) is 0 Å². The molecule has 0 unspecified atom stereocenters. The SMILES string of the molecule is CN1c2cccc(c2)N(C)c2ccc(SC(F)(F)F)c(n2)N(C)c2cccc(n2)N(C)c2nc1ccc2SC(F)(F)F. The molecule has 0 N–H and O–H groups in total. The molecule has 42 heavy (non-hydrogen) atoms. The Morgan fingerprint density at radius 3 is 1.29 bits per heavy atom. The predicted octanol–water partition coefficient (Wildman–Crippen LogP) is 8.48. The second-order valence-corrected chi connectivity index (χ2v) is 11.4. The first kappa shape index (κ1) is 29.6. The normalized spacial score (nSPS) is 14.0. The molecule has 7 nitrogen and oxygen atoms in total. The second kappa shape index (κ2) is 11.1. The average Bonchev–Trinajstić information content (AvgIpc) is 2.94. The average molecular weight is 624 g/mol. The van der Waals surface area contributed by atoms with Crippen LogP contribution in [-0.4, -0.2) is 54.2 Å². The zero-order chi connectivity index (χ0) is 30.4. The van der Waals surface area contributed by atoms with Crippen molar-refractivity contribution in [1.29, 1.82) is 0 Å². The van der Waals surface area contributed by atoms with Gasteiger partial charge in [0.05, 0.1) is 9.79 Å². The fourth-order valence-corrected chi connectivity index (χ4v) is 5.61. The molecule has 1 aliphatic rings. The Balaban J connectivity index is 1.74. The highest BCUT2D eigenvalue weighted by molar-refractivity contribution is 8.00. The summed E-state index contributed by atoms with van der Waals surface area (Å²) in [5.41, 5.74) is -7.80.